The van der Waals surface area contributed by atoms with Gasteiger partial charge in [0.05, 0.1) is 30.2 Å². The van der Waals surface area contributed by atoms with Crippen LogP contribution in [0.1, 0.15) is 34.4 Å². The van der Waals surface area contributed by atoms with E-state index in [0.717, 1.165) is 36.8 Å². The highest BCUT2D eigenvalue weighted by Gasteiger charge is 2.23. The Kier molecular flexibility index (Phi) is 8.13. The lowest BCUT2D eigenvalue weighted by molar-refractivity contribution is -0.118. The average molecular weight is 561 g/mol. The molecule has 2 aromatic heterocycles. The van der Waals surface area contributed by atoms with Crippen molar-refractivity contribution in [3.05, 3.63) is 87.0 Å². The van der Waals surface area contributed by atoms with Crippen molar-refractivity contribution in [3.63, 3.8) is 0 Å². The Hall–Kier alpha value is -3.89. The predicted octanol–water partition coefficient (Wildman–Crippen LogP) is 5.01. The summed E-state index contributed by atoms with van der Waals surface area (Å²) in [4.78, 5) is 33.3. The van der Waals surface area contributed by atoms with Crippen LogP contribution in [0, 0.1) is 0 Å². The molecule has 0 bridgehead atoms. The second-order valence-electron chi connectivity index (χ2n) is 9.05. The molecule has 2 heterocycles. The topological polar surface area (TPSA) is 106 Å². The van der Waals surface area contributed by atoms with E-state index in [0.29, 0.717) is 38.8 Å². The van der Waals surface area contributed by atoms with E-state index in [9.17, 15) is 14.7 Å². The smallest absolute Gasteiger partial charge is 0.267 e. The zero-order chi connectivity index (χ0) is 27.4. The van der Waals surface area contributed by atoms with Crippen LogP contribution in [0.5, 0.6) is 11.5 Å². The number of allylic oxidation sites excluding steroid dienone is 1. The minimum Gasteiger partial charge on any atom is -0.507 e. The van der Waals surface area contributed by atoms with Gasteiger partial charge in [-0.2, -0.15) is 5.10 Å². The number of fused-ring (bicyclic) bond motifs is 3. The number of thioether (sulfide) groups is 1. The van der Waals surface area contributed by atoms with Crippen LogP contribution < -0.4 is 15.7 Å². The molecule has 0 atom stereocenters. The summed E-state index contributed by atoms with van der Waals surface area (Å²) >= 11 is 2.75. The van der Waals surface area contributed by atoms with E-state index in [4.69, 9.17) is 9.72 Å². The molecule has 4 aromatic rings. The third kappa shape index (κ3) is 5.62. The van der Waals surface area contributed by atoms with Crippen molar-refractivity contribution in [2.24, 2.45) is 5.10 Å². The standard InChI is InChI=1S/C29H28N4O4S2/c1-3-7-18-8-6-9-19(26(18)35)16-30-32-24(34)17-38-29-31-27-25(22-10-4-5-11-23(22)39-27)28(36)33(29)20-12-14-21(37-2)15-13-20/h3,6,8-9,12-16,35H,1,4-5,7,10-11,17H2,2H3,(H,32,34). The van der Waals surface area contributed by atoms with Crippen molar-refractivity contribution >= 4 is 45.4 Å². The third-order valence-electron chi connectivity index (χ3n) is 6.53. The van der Waals surface area contributed by atoms with Crippen molar-refractivity contribution in [1.82, 2.24) is 15.0 Å². The van der Waals surface area contributed by atoms with Gasteiger partial charge in [-0.05, 0) is 73.6 Å². The zero-order valence-corrected chi connectivity index (χ0v) is 23.1. The number of phenols is 1. The molecule has 0 unspecified atom stereocenters. The molecule has 1 aliphatic carbocycles. The fourth-order valence-corrected chi connectivity index (χ4v) is 6.72. The van der Waals surface area contributed by atoms with Crippen molar-refractivity contribution in [2.75, 3.05) is 12.9 Å². The number of hydrogen-bond donors (Lipinski definition) is 2. The van der Waals surface area contributed by atoms with Gasteiger partial charge < -0.3 is 9.84 Å². The Labute approximate surface area is 234 Å². The molecule has 1 amide bonds. The highest BCUT2D eigenvalue weighted by atomic mass is 32.2. The number of hydrazone groups is 1. The molecule has 0 saturated carbocycles. The fourth-order valence-electron chi connectivity index (χ4n) is 4.61. The van der Waals surface area contributed by atoms with Crippen molar-refractivity contribution in [2.45, 2.75) is 37.3 Å². The number of rotatable bonds is 9. The molecule has 10 heteroatoms. The summed E-state index contributed by atoms with van der Waals surface area (Å²) in [5.41, 5.74) is 5.36. The molecule has 0 radical (unpaired) electrons. The summed E-state index contributed by atoms with van der Waals surface area (Å²) in [5, 5.41) is 15.5. The zero-order valence-electron chi connectivity index (χ0n) is 21.5. The second kappa shape index (κ2) is 11.9. The number of ether oxygens (including phenoxy) is 1. The molecular formula is C29H28N4O4S2. The first-order valence-corrected chi connectivity index (χ1v) is 14.4. The van der Waals surface area contributed by atoms with Gasteiger partial charge in [0.25, 0.3) is 11.5 Å². The lowest BCUT2D eigenvalue weighted by Crippen LogP contribution is -2.24. The molecule has 2 N–H and O–H groups in total. The number of methoxy groups -OCH3 is 1. The number of thiophene rings is 1. The van der Waals surface area contributed by atoms with Crippen LogP contribution in [0.15, 0.2) is 70.2 Å². The van der Waals surface area contributed by atoms with E-state index in [2.05, 4.69) is 17.1 Å². The van der Waals surface area contributed by atoms with E-state index in [-0.39, 0.29) is 23.0 Å². The molecule has 0 aliphatic heterocycles. The average Bonchev–Trinajstić information content (AvgIpc) is 3.33. The SMILES string of the molecule is C=CCc1cccc(C=NNC(=O)CSc2nc3sc4c(c3c(=O)n2-c2ccc(OC)cc2)CCCC4)c1O. The van der Waals surface area contributed by atoms with Crippen LogP contribution in [-0.4, -0.2) is 39.6 Å². The number of hydrogen-bond acceptors (Lipinski definition) is 8. The second-order valence-corrected chi connectivity index (χ2v) is 11.1. The summed E-state index contributed by atoms with van der Waals surface area (Å²) in [7, 11) is 1.59. The van der Waals surface area contributed by atoms with Gasteiger partial charge >= 0.3 is 0 Å². The maximum atomic E-state index is 13.8. The number of benzene rings is 2. The van der Waals surface area contributed by atoms with Crippen LogP contribution in [0.4, 0.5) is 0 Å². The summed E-state index contributed by atoms with van der Waals surface area (Å²) in [5.74, 6) is 0.420. The van der Waals surface area contributed by atoms with Gasteiger partial charge in [0.15, 0.2) is 5.16 Å². The molecule has 0 saturated heterocycles. The van der Waals surface area contributed by atoms with E-state index < -0.39 is 0 Å². The van der Waals surface area contributed by atoms with E-state index in [1.807, 2.05) is 12.1 Å². The number of phenolic OH excluding ortho intramolecular Hbond substituents is 1. The Bertz CT molecular complexity index is 1620. The minimum atomic E-state index is -0.362. The number of aryl methyl sites for hydroxylation is 2. The first-order chi connectivity index (χ1) is 19.0. The van der Waals surface area contributed by atoms with E-state index in [1.165, 1.54) is 22.9 Å². The van der Waals surface area contributed by atoms with E-state index in [1.54, 1.807) is 59.4 Å². The minimum absolute atomic E-state index is 0.000975. The number of amides is 1. The Morgan fingerprint density at radius 2 is 2.05 bits per heavy atom. The molecule has 8 nitrogen and oxygen atoms in total. The summed E-state index contributed by atoms with van der Waals surface area (Å²) in [6, 6.07) is 12.5. The monoisotopic (exact) mass is 560 g/mol. The lowest BCUT2D eigenvalue weighted by Gasteiger charge is -2.14. The molecule has 0 spiro atoms. The van der Waals surface area contributed by atoms with Gasteiger partial charge in [0, 0.05) is 10.4 Å². The molecule has 2 aromatic carbocycles. The van der Waals surface area contributed by atoms with Crippen LogP contribution in [0.25, 0.3) is 15.9 Å². The largest absolute Gasteiger partial charge is 0.507 e. The third-order valence-corrected chi connectivity index (χ3v) is 8.65. The summed E-state index contributed by atoms with van der Waals surface area (Å²) < 4.78 is 6.86. The van der Waals surface area contributed by atoms with Gasteiger partial charge in [-0.1, -0.05) is 30.0 Å². The van der Waals surface area contributed by atoms with Crippen LogP contribution in [-0.2, 0) is 24.1 Å². The lowest BCUT2D eigenvalue weighted by atomic mass is 9.97. The first-order valence-electron chi connectivity index (χ1n) is 12.6. The number of aromatic hydroxyl groups is 1. The van der Waals surface area contributed by atoms with Gasteiger partial charge in [-0.3, -0.25) is 14.2 Å². The number of nitrogens with zero attached hydrogens (tertiary/aromatic N) is 3. The van der Waals surface area contributed by atoms with Gasteiger partial charge in [-0.25, -0.2) is 10.4 Å². The molecule has 0 fully saturated rings. The predicted molar refractivity (Wildman–Crippen MR) is 157 cm³/mol. The quantitative estimate of drug-likeness (QED) is 0.0980. The van der Waals surface area contributed by atoms with Crippen LogP contribution in [0.2, 0.25) is 0 Å². The fraction of sp³-hybridized carbons (Fsp3) is 0.241. The highest BCUT2D eigenvalue weighted by molar-refractivity contribution is 7.99. The maximum absolute atomic E-state index is 13.8. The molecular weight excluding hydrogens is 532 g/mol. The maximum Gasteiger partial charge on any atom is 0.267 e. The van der Waals surface area contributed by atoms with Crippen LogP contribution in [0.3, 0.4) is 0 Å². The number of carbonyl (C=O) groups is 1. The van der Waals surface area contributed by atoms with Gasteiger partial charge in [0.2, 0.25) is 0 Å². The Balaban J connectivity index is 1.40. The molecule has 39 heavy (non-hydrogen) atoms. The number of aromatic nitrogens is 2. The van der Waals surface area contributed by atoms with Crippen LogP contribution >= 0.6 is 23.1 Å². The van der Waals surface area contributed by atoms with E-state index >= 15 is 0 Å². The number of nitrogens with one attached hydrogen (secondary N) is 1. The summed E-state index contributed by atoms with van der Waals surface area (Å²) in [6.45, 7) is 3.69. The number of para-hydroxylation sites is 1. The molecule has 200 valence electrons. The summed E-state index contributed by atoms with van der Waals surface area (Å²) in [6.07, 6.45) is 7.66. The Morgan fingerprint density at radius 1 is 1.26 bits per heavy atom. The molecule has 1 aliphatic rings. The van der Waals surface area contributed by atoms with Crippen molar-refractivity contribution in [3.8, 4) is 17.2 Å². The normalized spacial score (nSPS) is 12.9. The first kappa shape index (κ1) is 26.7. The van der Waals surface area contributed by atoms with Crippen molar-refractivity contribution in [1.29, 1.82) is 0 Å². The van der Waals surface area contributed by atoms with Gasteiger partial charge in [0.1, 0.15) is 16.3 Å². The molecule has 5 rings (SSSR count). The Morgan fingerprint density at radius 3 is 2.82 bits per heavy atom. The van der Waals surface area contributed by atoms with Crippen molar-refractivity contribution < 1.29 is 14.6 Å². The highest BCUT2D eigenvalue weighted by Crippen LogP contribution is 2.35. The number of carbonyl (C=O) groups excluding carboxylic acids is 1. The van der Waals surface area contributed by atoms with Gasteiger partial charge in [-0.15, -0.1) is 17.9 Å².